The van der Waals surface area contributed by atoms with Crippen molar-refractivity contribution in [3.05, 3.63) is 71.7 Å². The number of aromatic amines is 1. The van der Waals surface area contributed by atoms with Crippen LogP contribution in [0.5, 0.6) is 11.5 Å². The molecule has 12 heteroatoms. The van der Waals surface area contributed by atoms with Crippen LogP contribution in [0.15, 0.2) is 54.6 Å². The summed E-state index contributed by atoms with van der Waals surface area (Å²) < 4.78 is 13.2. The highest BCUT2D eigenvalue weighted by Crippen LogP contribution is 2.41. The Hall–Kier alpha value is -4.74. The number of nitrogens with zero attached hydrogens (tertiary/aromatic N) is 5. The molecule has 1 fully saturated rings. The van der Waals surface area contributed by atoms with Gasteiger partial charge in [0.25, 0.3) is 5.91 Å². The number of benzene rings is 2. The number of H-pyrrole nitrogens is 1. The maximum absolute atomic E-state index is 13.7. The Morgan fingerprint density at radius 2 is 1.78 bits per heavy atom. The van der Waals surface area contributed by atoms with E-state index < -0.39 is 11.9 Å². The molecular formula is C29H34N8O4. The van der Waals surface area contributed by atoms with Gasteiger partial charge >= 0.3 is 0 Å². The molecule has 41 heavy (non-hydrogen) atoms. The van der Waals surface area contributed by atoms with E-state index in [0.717, 1.165) is 42.5 Å². The highest BCUT2D eigenvalue weighted by Gasteiger charge is 2.29. The molecule has 4 aromatic rings. The molecule has 3 N–H and O–H groups in total. The number of rotatable bonds is 12. The molecule has 2 aromatic carbocycles. The first kappa shape index (κ1) is 27.8. The van der Waals surface area contributed by atoms with Gasteiger partial charge in [-0.3, -0.25) is 14.3 Å². The zero-order valence-electron chi connectivity index (χ0n) is 23.2. The molecule has 1 aliphatic carbocycles. The van der Waals surface area contributed by atoms with Crippen LogP contribution in [0.3, 0.4) is 0 Å². The van der Waals surface area contributed by atoms with Gasteiger partial charge in [-0.15, -0.1) is 10.2 Å². The minimum atomic E-state index is -0.810. The number of carbonyl (C=O) groups is 2. The lowest BCUT2D eigenvalue weighted by molar-refractivity contribution is -0.123. The van der Waals surface area contributed by atoms with E-state index in [-0.39, 0.29) is 24.2 Å². The number of amides is 2. The molecule has 0 unspecified atom stereocenters. The molecule has 2 amide bonds. The fourth-order valence-corrected chi connectivity index (χ4v) is 5.23. The second-order valence-corrected chi connectivity index (χ2v) is 9.93. The van der Waals surface area contributed by atoms with Gasteiger partial charge < -0.3 is 20.1 Å². The smallest absolute Gasteiger partial charge is 0.272 e. The molecule has 0 spiro atoms. The summed E-state index contributed by atoms with van der Waals surface area (Å²) in [6.45, 7) is 0.0844. The number of aromatic nitrogens is 6. The van der Waals surface area contributed by atoms with Gasteiger partial charge in [-0.2, -0.15) is 10.3 Å². The number of hydrogen-bond donors (Lipinski definition) is 3. The van der Waals surface area contributed by atoms with E-state index in [1.807, 2.05) is 53.2 Å². The Morgan fingerprint density at radius 3 is 2.44 bits per heavy atom. The first-order valence-corrected chi connectivity index (χ1v) is 13.7. The maximum Gasteiger partial charge on any atom is 0.272 e. The van der Waals surface area contributed by atoms with Gasteiger partial charge in [-0.05, 0) is 49.4 Å². The highest BCUT2D eigenvalue weighted by atomic mass is 16.5. The summed E-state index contributed by atoms with van der Waals surface area (Å²) in [5.41, 5.74) is 2.75. The van der Waals surface area contributed by atoms with Crippen LogP contribution in [0, 0.1) is 0 Å². The Morgan fingerprint density at radius 1 is 1.05 bits per heavy atom. The molecular weight excluding hydrogens is 524 g/mol. The van der Waals surface area contributed by atoms with Crippen molar-refractivity contribution >= 4 is 11.8 Å². The van der Waals surface area contributed by atoms with Crippen LogP contribution in [0.4, 0.5) is 0 Å². The molecule has 0 bridgehead atoms. The van der Waals surface area contributed by atoms with Crippen molar-refractivity contribution in [1.82, 2.24) is 41.0 Å². The molecule has 12 nitrogen and oxygen atoms in total. The van der Waals surface area contributed by atoms with Crippen molar-refractivity contribution < 1.29 is 19.1 Å². The number of nitrogens with one attached hydrogen (secondary N) is 3. The number of aryl methyl sites for hydroxylation is 1. The van der Waals surface area contributed by atoms with Crippen molar-refractivity contribution in [1.29, 1.82) is 0 Å². The standard InChI is InChI=1S/C29H34N8O4/c1-40-24-13-8-14-25(41-2)27(24)23-17-22(34-37(23)20-11-6-7-12-20)29(39)31-21(16-15-19-9-4-3-5-10-19)28(38)30-18-26-32-35-36-33-26/h3-5,8-10,13-14,17,20-21H,6-7,11-12,15-16,18H2,1-2H3,(H,30,38)(H,31,39)(H,32,33,35,36)/t21-/m0/s1. The van der Waals surface area contributed by atoms with Crippen molar-refractivity contribution in [3.63, 3.8) is 0 Å². The Labute approximate surface area is 237 Å². The van der Waals surface area contributed by atoms with Gasteiger partial charge in [0.1, 0.15) is 17.5 Å². The third-order valence-corrected chi connectivity index (χ3v) is 7.32. The summed E-state index contributed by atoms with van der Waals surface area (Å²) in [6.07, 6.45) is 5.11. The van der Waals surface area contributed by atoms with E-state index in [9.17, 15) is 9.59 Å². The van der Waals surface area contributed by atoms with Crippen LogP contribution in [0.1, 0.15) is 60.0 Å². The summed E-state index contributed by atoms with van der Waals surface area (Å²) in [6, 6.07) is 16.5. The van der Waals surface area contributed by atoms with Crippen LogP contribution in [0.2, 0.25) is 0 Å². The third kappa shape index (κ3) is 6.53. The quantitative estimate of drug-likeness (QED) is 0.240. The van der Waals surface area contributed by atoms with E-state index in [1.54, 1.807) is 20.3 Å². The average molecular weight is 559 g/mol. The minimum absolute atomic E-state index is 0.0844. The van der Waals surface area contributed by atoms with Crippen LogP contribution >= 0.6 is 0 Å². The molecule has 1 aliphatic rings. The number of carbonyl (C=O) groups excluding carboxylic acids is 2. The molecule has 0 saturated heterocycles. The molecule has 2 aromatic heterocycles. The predicted molar refractivity (Wildman–Crippen MR) is 150 cm³/mol. The van der Waals surface area contributed by atoms with Crippen molar-refractivity contribution in [2.24, 2.45) is 0 Å². The van der Waals surface area contributed by atoms with Crippen molar-refractivity contribution in [2.75, 3.05) is 14.2 Å². The van der Waals surface area contributed by atoms with Crippen LogP contribution in [-0.2, 0) is 17.8 Å². The van der Waals surface area contributed by atoms with E-state index in [1.165, 1.54) is 0 Å². The van der Waals surface area contributed by atoms with E-state index in [2.05, 4.69) is 31.3 Å². The second kappa shape index (κ2) is 13.1. The normalized spacial score (nSPS) is 14.0. The van der Waals surface area contributed by atoms with Gasteiger partial charge in [0, 0.05) is 0 Å². The first-order chi connectivity index (χ1) is 20.1. The molecule has 1 saturated carbocycles. The van der Waals surface area contributed by atoms with Crippen LogP contribution in [0.25, 0.3) is 11.3 Å². The fourth-order valence-electron chi connectivity index (χ4n) is 5.23. The number of methoxy groups -OCH3 is 2. The van der Waals surface area contributed by atoms with Gasteiger partial charge in [0.05, 0.1) is 38.1 Å². The lowest BCUT2D eigenvalue weighted by Crippen LogP contribution is -2.47. The van der Waals surface area contributed by atoms with Gasteiger partial charge in [-0.1, -0.05) is 54.5 Å². The number of ether oxygens (including phenoxy) is 2. The monoisotopic (exact) mass is 558 g/mol. The summed E-state index contributed by atoms with van der Waals surface area (Å²) in [4.78, 5) is 26.9. The topological polar surface area (TPSA) is 149 Å². The van der Waals surface area contributed by atoms with Gasteiger partial charge in [0.2, 0.25) is 5.91 Å². The molecule has 214 valence electrons. The number of hydrogen-bond acceptors (Lipinski definition) is 8. The van der Waals surface area contributed by atoms with Gasteiger partial charge in [-0.25, -0.2) is 0 Å². The molecule has 5 rings (SSSR count). The molecule has 0 radical (unpaired) electrons. The van der Waals surface area contributed by atoms with Crippen molar-refractivity contribution in [2.45, 2.75) is 57.2 Å². The fraction of sp³-hybridized carbons (Fsp3) is 0.379. The SMILES string of the molecule is COc1cccc(OC)c1-c1cc(C(=O)N[C@@H](CCc2ccccc2)C(=O)NCc2nn[nH]n2)nn1C1CCCC1. The largest absolute Gasteiger partial charge is 0.496 e. The molecule has 1 atom stereocenters. The average Bonchev–Trinajstić information content (AvgIpc) is 3.80. The zero-order chi connectivity index (χ0) is 28.6. The highest BCUT2D eigenvalue weighted by molar-refractivity contribution is 5.97. The van der Waals surface area contributed by atoms with E-state index >= 15 is 0 Å². The second-order valence-electron chi connectivity index (χ2n) is 9.93. The van der Waals surface area contributed by atoms with E-state index in [4.69, 9.17) is 14.6 Å². The first-order valence-electron chi connectivity index (χ1n) is 13.7. The maximum atomic E-state index is 13.7. The zero-order valence-corrected chi connectivity index (χ0v) is 23.2. The van der Waals surface area contributed by atoms with Crippen LogP contribution < -0.4 is 20.1 Å². The lowest BCUT2D eigenvalue weighted by atomic mass is 10.0. The van der Waals surface area contributed by atoms with Gasteiger partial charge in [0.15, 0.2) is 11.5 Å². The predicted octanol–water partition coefficient (Wildman–Crippen LogP) is 3.24. The number of tetrazole rings is 1. The van der Waals surface area contributed by atoms with E-state index in [0.29, 0.717) is 30.2 Å². The van der Waals surface area contributed by atoms with Crippen molar-refractivity contribution in [3.8, 4) is 22.8 Å². The minimum Gasteiger partial charge on any atom is -0.496 e. The lowest BCUT2D eigenvalue weighted by Gasteiger charge is -2.18. The molecule has 0 aliphatic heterocycles. The Balaban J connectivity index is 1.42. The summed E-state index contributed by atoms with van der Waals surface area (Å²) >= 11 is 0. The summed E-state index contributed by atoms with van der Waals surface area (Å²) in [7, 11) is 3.21. The summed E-state index contributed by atoms with van der Waals surface area (Å²) in [5.74, 6) is 0.803. The summed E-state index contributed by atoms with van der Waals surface area (Å²) in [5, 5.41) is 24.1. The third-order valence-electron chi connectivity index (χ3n) is 7.32. The Bertz CT molecular complexity index is 1430. The Kier molecular flexibility index (Phi) is 8.87. The molecule has 2 heterocycles. The van der Waals surface area contributed by atoms with Crippen LogP contribution in [-0.4, -0.2) is 62.5 Å².